The highest BCUT2D eigenvalue weighted by Crippen LogP contribution is 1.87. The molecule has 0 spiro atoms. The SMILES string of the molecule is COCCC(=O)NCc1cc(=O)[nH][nH]1. The monoisotopic (exact) mass is 199 g/mol. The lowest BCUT2D eigenvalue weighted by Gasteiger charge is -2.02. The summed E-state index contributed by atoms with van der Waals surface area (Å²) in [5.74, 6) is -0.103. The Balaban J connectivity index is 2.27. The number of amides is 1. The Labute approximate surface area is 80.6 Å². The second kappa shape index (κ2) is 5.23. The van der Waals surface area contributed by atoms with Gasteiger partial charge in [0, 0.05) is 19.6 Å². The molecule has 6 heteroatoms. The van der Waals surface area contributed by atoms with E-state index < -0.39 is 0 Å². The van der Waals surface area contributed by atoms with Crippen LogP contribution in [0.2, 0.25) is 0 Å². The van der Waals surface area contributed by atoms with Gasteiger partial charge in [-0.1, -0.05) is 0 Å². The molecule has 0 aliphatic heterocycles. The number of aromatic nitrogens is 2. The Morgan fingerprint density at radius 1 is 1.57 bits per heavy atom. The molecule has 0 saturated heterocycles. The molecule has 14 heavy (non-hydrogen) atoms. The quantitative estimate of drug-likeness (QED) is 0.589. The maximum atomic E-state index is 11.1. The van der Waals surface area contributed by atoms with Gasteiger partial charge in [0.25, 0.3) is 5.56 Å². The van der Waals surface area contributed by atoms with Gasteiger partial charge in [0.05, 0.1) is 18.8 Å². The van der Waals surface area contributed by atoms with Crippen LogP contribution in [0.3, 0.4) is 0 Å². The minimum atomic E-state index is -0.203. The molecule has 1 aromatic heterocycles. The summed E-state index contributed by atoms with van der Waals surface area (Å²) in [4.78, 5) is 21.8. The molecule has 0 aliphatic rings. The molecule has 6 nitrogen and oxygen atoms in total. The van der Waals surface area contributed by atoms with Crippen molar-refractivity contribution in [1.82, 2.24) is 15.5 Å². The summed E-state index contributed by atoms with van der Waals surface area (Å²) in [7, 11) is 1.54. The first kappa shape index (κ1) is 10.5. The fourth-order valence-corrected chi connectivity index (χ4v) is 0.944. The average molecular weight is 199 g/mol. The second-order valence-electron chi connectivity index (χ2n) is 2.80. The van der Waals surface area contributed by atoms with Crippen molar-refractivity contribution in [2.24, 2.45) is 0 Å². The van der Waals surface area contributed by atoms with E-state index in [1.54, 1.807) is 0 Å². The van der Waals surface area contributed by atoms with Gasteiger partial charge in [-0.3, -0.25) is 14.7 Å². The van der Waals surface area contributed by atoms with Crippen molar-refractivity contribution in [1.29, 1.82) is 0 Å². The van der Waals surface area contributed by atoms with Gasteiger partial charge in [0.1, 0.15) is 0 Å². The summed E-state index contributed by atoms with van der Waals surface area (Å²) in [6.07, 6.45) is 0.325. The van der Waals surface area contributed by atoms with Crippen molar-refractivity contribution in [2.45, 2.75) is 13.0 Å². The number of aromatic amines is 2. The number of ether oxygens (including phenoxy) is 1. The minimum absolute atomic E-state index is 0.103. The largest absolute Gasteiger partial charge is 0.384 e. The van der Waals surface area contributed by atoms with E-state index in [9.17, 15) is 9.59 Å². The van der Waals surface area contributed by atoms with Crippen LogP contribution in [0.25, 0.3) is 0 Å². The van der Waals surface area contributed by atoms with E-state index in [1.165, 1.54) is 13.2 Å². The van der Waals surface area contributed by atoms with Crippen molar-refractivity contribution in [2.75, 3.05) is 13.7 Å². The first-order valence-corrected chi connectivity index (χ1v) is 4.24. The van der Waals surface area contributed by atoms with Crippen molar-refractivity contribution in [3.05, 3.63) is 22.1 Å². The summed E-state index contributed by atoms with van der Waals surface area (Å²) < 4.78 is 4.74. The van der Waals surface area contributed by atoms with Gasteiger partial charge in [0.2, 0.25) is 5.91 Å². The molecule has 0 aliphatic carbocycles. The van der Waals surface area contributed by atoms with Crippen LogP contribution in [0.15, 0.2) is 10.9 Å². The van der Waals surface area contributed by atoms with Crippen LogP contribution in [0.5, 0.6) is 0 Å². The van der Waals surface area contributed by atoms with Gasteiger partial charge in [-0.05, 0) is 0 Å². The Kier molecular flexibility index (Phi) is 3.93. The molecule has 0 atom stereocenters. The van der Waals surface area contributed by atoms with E-state index in [0.29, 0.717) is 25.3 Å². The Hall–Kier alpha value is -1.56. The molecule has 3 N–H and O–H groups in total. The van der Waals surface area contributed by atoms with Crippen LogP contribution in [0.4, 0.5) is 0 Å². The Morgan fingerprint density at radius 2 is 2.36 bits per heavy atom. The molecular weight excluding hydrogens is 186 g/mol. The van der Waals surface area contributed by atoms with Gasteiger partial charge in [-0.25, -0.2) is 0 Å². The predicted octanol–water partition coefficient (Wildman–Crippen LogP) is -0.644. The topological polar surface area (TPSA) is 87.0 Å². The Bertz CT molecular complexity index is 342. The van der Waals surface area contributed by atoms with Crippen LogP contribution >= 0.6 is 0 Å². The first-order chi connectivity index (χ1) is 6.72. The van der Waals surface area contributed by atoms with Crippen molar-refractivity contribution in [3.8, 4) is 0 Å². The normalized spacial score (nSPS) is 10.1. The first-order valence-electron chi connectivity index (χ1n) is 4.24. The minimum Gasteiger partial charge on any atom is -0.384 e. The number of methoxy groups -OCH3 is 1. The summed E-state index contributed by atoms with van der Waals surface area (Å²) in [5.41, 5.74) is 0.451. The third-order valence-corrected chi connectivity index (χ3v) is 1.66. The number of nitrogens with one attached hydrogen (secondary N) is 3. The highest BCUT2D eigenvalue weighted by molar-refractivity contribution is 5.75. The summed E-state index contributed by atoms with van der Waals surface area (Å²) in [6.45, 7) is 0.719. The lowest BCUT2D eigenvalue weighted by atomic mass is 10.4. The zero-order valence-electron chi connectivity index (χ0n) is 7.92. The molecule has 0 fully saturated rings. The van der Waals surface area contributed by atoms with E-state index >= 15 is 0 Å². The molecule has 1 heterocycles. The smallest absolute Gasteiger partial charge is 0.264 e. The maximum Gasteiger partial charge on any atom is 0.264 e. The van der Waals surface area contributed by atoms with Crippen LogP contribution in [0.1, 0.15) is 12.1 Å². The van der Waals surface area contributed by atoms with E-state index in [-0.39, 0.29) is 11.5 Å². The van der Waals surface area contributed by atoms with E-state index in [1.807, 2.05) is 0 Å². The number of carbonyl (C=O) groups is 1. The summed E-state index contributed by atoms with van der Waals surface area (Å²) >= 11 is 0. The zero-order chi connectivity index (χ0) is 10.4. The molecule has 1 rings (SSSR count). The molecule has 0 bridgehead atoms. The van der Waals surface area contributed by atoms with E-state index in [0.717, 1.165) is 0 Å². The Morgan fingerprint density at radius 3 is 2.93 bits per heavy atom. The lowest BCUT2D eigenvalue weighted by molar-refractivity contribution is -0.122. The highest BCUT2D eigenvalue weighted by atomic mass is 16.5. The summed E-state index contributed by atoms with van der Waals surface area (Å²) in [5, 5.41) is 7.65. The maximum absolute atomic E-state index is 11.1. The number of hydrogen-bond donors (Lipinski definition) is 3. The molecule has 1 amide bonds. The average Bonchev–Trinajstić information content (AvgIpc) is 2.58. The van der Waals surface area contributed by atoms with Gasteiger partial charge < -0.3 is 15.2 Å². The van der Waals surface area contributed by atoms with Gasteiger partial charge >= 0.3 is 0 Å². The number of rotatable bonds is 5. The highest BCUT2D eigenvalue weighted by Gasteiger charge is 2.01. The van der Waals surface area contributed by atoms with Crippen molar-refractivity contribution < 1.29 is 9.53 Å². The van der Waals surface area contributed by atoms with Crippen LogP contribution < -0.4 is 10.9 Å². The van der Waals surface area contributed by atoms with Gasteiger partial charge in [-0.2, -0.15) is 0 Å². The molecule has 0 saturated carbocycles. The zero-order valence-corrected chi connectivity index (χ0v) is 7.92. The van der Waals surface area contributed by atoms with Crippen molar-refractivity contribution >= 4 is 5.91 Å². The second-order valence-corrected chi connectivity index (χ2v) is 2.80. The molecule has 0 radical (unpaired) electrons. The van der Waals surface area contributed by atoms with Gasteiger partial charge in [-0.15, -0.1) is 0 Å². The number of H-pyrrole nitrogens is 2. The van der Waals surface area contributed by atoms with E-state index in [2.05, 4.69) is 15.5 Å². The fourth-order valence-electron chi connectivity index (χ4n) is 0.944. The van der Waals surface area contributed by atoms with Crippen LogP contribution in [-0.4, -0.2) is 29.8 Å². The molecular formula is C8H13N3O3. The third-order valence-electron chi connectivity index (χ3n) is 1.66. The third kappa shape index (κ3) is 3.44. The lowest BCUT2D eigenvalue weighted by Crippen LogP contribution is -2.23. The summed E-state index contributed by atoms with van der Waals surface area (Å²) in [6, 6.07) is 1.40. The number of carbonyl (C=O) groups excluding carboxylic acids is 1. The predicted molar refractivity (Wildman–Crippen MR) is 49.8 cm³/mol. The van der Waals surface area contributed by atoms with Crippen LogP contribution in [0, 0.1) is 0 Å². The fraction of sp³-hybridized carbons (Fsp3) is 0.500. The van der Waals surface area contributed by atoms with Crippen LogP contribution in [-0.2, 0) is 16.1 Å². The van der Waals surface area contributed by atoms with E-state index in [4.69, 9.17) is 4.74 Å². The molecule has 0 aromatic carbocycles. The number of hydrogen-bond acceptors (Lipinski definition) is 3. The van der Waals surface area contributed by atoms with Crippen molar-refractivity contribution in [3.63, 3.8) is 0 Å². The molecule has 78 valence electrons. The standard InChI is InChI=1S/C8H13N3O3/c1-14-3-2-7(12)9-5-6-4-8(13)11-10-6/h4H,2-3,5H2,1H3,(H,9,12)(H2,10,11,13). The molecule has 0 unspecified atom stereocenters. The van der Waals surface area contributed by atoms with Gasteiger partial charge in [0.15, 0.2) is 0 Å². The molecule has 1 aromatic rings.